The van der Waals surface area contributed by atoms with Crippen LogP contribution in [0.2, 0.25) is 0 Å². The van der Waals surface area contributed by atoms with Crippen molar-refractivity contribution in [2.45, 2.75) is 276 Å². The Kier molecular flexibility index (Phi) is 55.7. The number of likely N-dealkylation sites (N-methyl/N-ethyl adjacent to an activating group) is 1. The fraction of sp³-hybridized carbons (Fsp3) is 0.721. The van der Waals surface area contributed by atoms with Crippen molar-refractivity contribution >= 4 is 13.7 Å². The molecule has 2 N–H and O–H groups in total. The second-order valence-electron chi connectivity index (χ2n) is 22.4. The van der Waals surface area contributed by atoms with Crippen molar-refractivity contribution in [2.24, 2.45) is 0 Å². The topological polar surface area (TPSA) is 108 Å². The molecule has 8 nitrogen and oxygen atoms in total. The standard InChI is InChI=1S/C68H121N2O6P/c1-6-8-10-12-14-16-18-20-22-24-26-27-28-29-30-31-32-33-34-35-36-37-38-39-40-41-42-43-44-46-48-50-52-54-56-58-60-62-68(72)69-66(65-76-77(73,74)75-64-63-70(3,4)5)67(71)61-59-57-55-53-51-49-47-45-25-23-21-19-17-15-13-11-9-7-2/h8,10,14,16,20,22,25-27,29-30,32-33,45,51,53,59,61,66-67,71H,6-7,9,11-13,15,17-19,21,23-24,28,31,34-44,46-50,52,54-58,60,62-65H2,1-5H3,(H-,69,72,73,74)/b10-8-,16-14-,22-20-,27-26-,30-29-,33-32-,45-25+,53-51+,61-59+. The smallest absolute Gasteiger partial charge is 0.268 e. The van der Waals surface area contributed by atoms with E-state index < -0.39 is 26.6 Å². The first-order valence-corrected chi connectivity index (χ1v) is 33.2. The first-order valence-electron chi connectivity index (χ1n) is 31.7. The third-order valence-corrected chi connectivity index (χ3v) is 14.7. The highest BCUT2D eigenvalue weighted by Crippen LogP contribution is 2.38. The number of carbonyl (C=O) groups is 1. The Morgan fingerprint density at radius 1 is 0.468 bits per heavy atom. The van der Waals surface area contributed by atoms with E-state index in [1.165, 1.54) is 161 Å². The van der Waals surface area contributed by atoms with Gasteiger partial charge in [-0.15, -0.1) is 0 Å². The minimum absolute atomic E-state index is 0.0119. The highest BCUT2D eigenvalue weighted by molar-refractivity contribution is 7.45. The van der Waals surface area contributed by atoms with Crippen molar-refractivity contribution in [1.82, 2.24) is 5.32 Å². The number of phosphoric ester groups is 1. The van der Waals surface area contributed by atoms with E-state index in [9.17, 15) is 19.4 Å². The van der Waals surface area contributed by atoms with Crippen LogP contribution < -0.4 is 10.2 Å². The van der Waals surface area contributed by atoms with E-state index in [4.69, 9.17) is 9.05 Å². The molecular weight excluding hydrogens is 972 g/mol. The average Bonchev–Trinajstić information content (AvgIpc) is 3.39. The summed E-state index contributed by atoms with van der Waals surface area (Å²) in [4.78, 5) is 25.5. The molecular formula is C68H121N2O6P. The van der Waals surface area contributed by atoms with Crippen molar-refractivity contribution in [3.05, 3.63) is 109 Å². The number of hydrogen-bond acceptors (Lipinski definition) is 6. The molecule has 1 amide bonds. The number of aliphatic hydroxyl groups is 1. The Morgan fingerprint density at radius 3 is 1.21 bits per heavy atom. The lowest BCUT2D eigenvalue weighted by Crippen LogP contribution is -2.45. The van der Waals surface area contributed by atoms with Crippen LogP contribution in [-0.4, -0.2) is 68.5 Å². The first-order chi connectivity index (χ1) is 37.5. The van der Waals surface area contributed by atoms with Gasteiger partial charge in [-0.3, -0.25) is 9.36 Å². The zero-order valence-corrected chi connectivity index (χ0v) is 51.5. The fourth-order valence-corrected chi connectivity index (χ4v) is 9.50. The normalized spacial score (nSPS) is 14.5. The minimum atomic E-state index is -4.61. The largest absolute Gasteiger partial charge is 0.756 e. The van der Waals surface area contributed by atoms with E-state index in [-0.39, 0.29) is 12.5 Å². The summed E-state index contributed by atoms with van der Waals surface area (Å²) >= 11 is 0. The van der Waals surface area contributed by atoms with E-state index >= 15 is 0 Å². The molecule has 0 radical (unpaired) electrons. The van der Waals surface area contributed by atoms with Gasteiger partial charge in [-0.2, -0.15) is 0 Å². The molecule has 0 spiro atoms. The zero-order valence-electron chi connectivity index (χ0n) is 50.6. The number of nitrogens with zero attached hydrogens (tertiary/aromatic N) is 1. The van der Waals surface area contributed by atoms with Gasteiger partial charge in [0.25, 0.3) is 7.82 Å². The molecule has 0 fully saturated rings. The number of phosphoric acid groups is 1. The summed E-state index contributed by atoms with van der Waals surface area (Å²) in [6.07, 6.45) is 84.8. The van der Waals surface area contributed by atoms with Crippen LogP contribution in [0.4, 0.5) is 0 Å². The molecule has 0 saturated heterocycles. The number of amides is 1. The Morgan fingerprint density at radius 2 is 0.805 bits per heavy atom. The maximum atomic E-state index is 13.0. The molecule has 77 heavy (non-hydrogen) atoms. The monoisotopic (exact) mass is 1090 g/mol. The Balaban J connectivity index is 4.08. The SMILES string of the molecule is CC/C=C\C/C=C\C/C=C\C/C=C\C/C=C\C/C=C\CCCCCCCCCCCCCCCCCCCCC(=O)NC(COP(=O)([O-])OCC[N+](C)(C)C)C(O)/C=C/CC/C=C/CC/C=C/CCCCCCCCCC. The van der Waals surface area contributed by atoms with Gasteiger partial charge in [-0.25, -0.2) is 0 Å². The maximum absolute atomic E-state index is 13.0. The van der Waals surface area contributed by atoms with Gasteiger partial charge in [-0.1, -0.05) is 271 Å². The van der Waals surface area contributed by atoms with Crippen LogP contribution >= 0.6 is 7.82 Å². The zero-order chi connectivity index (χ0) is 56.3. The van der Waals surface area contributed by atoms with Crippen molar-refractivity contribution in [3.8, 4) is 0 Å². The molecule has 0 aromatic carbocycles. The molecule has 9 heteroatoms. The first kappa shape index (κ1) is 74.2. The molecule has 0 aliphatic rings. The van der Waals surface area contributed by atoms with E-state index in [1.807, 2.05) is 27.2 Å². The van der Waals surface area contributed by atoms with E-state index in [0.29, 0.717) is 17.4 Å². The lowest BCUT2D eigenvalue weighted by molar-refractivity contribution is -0.870. The number of hydrogen-bond donors (Lipinski definition) is 2. The highest BCUT2D eigenvalue weighted by atomic mass is 31.2. The molecule has 0 aromatic rings. The lowest BCUT2D eigenvalue weighted by Gasteiger charge is -2.29. The molecule has 0 aromatic heterocycles. The summed E-state index contributed by atoms with van der Waals surface area (Å²) in [5.41, 5.74) is 0. The van der Waals surface area contributed by atoms with Crippen molar-refractivity contribution in [3.63, 3.8) is 0 Å². The van der Waals surface area contributed by atoms with Crippen LogP contribution in [0.25, 0.3) is 0 Å². The van der Waals surface area contributed by atoms with Gasteiger partial charge in [-0.05, 0) is 96.3 Å². The van der Waals surface area contributed by atoms with Gasteiger partial charge in [0.15, 0.2) is 0 Å². The summed E-state index contributed by atoms with van der Waals surface area (Å²) in [5.74, 6) is -0.212. The van der Waals surface area contributed by atoms with E-state index in [0.717, 1.165) is 83.5 Å². The van der Waals surface area contributed by atoms with Crippen molar-refractivity contribution in [1.29, 1.82) is 0 Å². The van der Waals surface area contributed by atoms with Crippen molar-refractivity contribution in [2.75, 3.05) is 40.9 Å². The van der Waals surface area contributed by atoms with Gasteiger partial charge in [0, 0.05) is 6.42 Å². The Hall–Kier alpha value is -2.84. The predicted octanol–water partition coefficient (Wildman–Crippen LogP) is 19.3. The molecule has 0 rings (SSSR count). The quantitative estimate of drug-likeness (QED) is 0.0272. The molecule has 3 atom stereocenters. The number of unbranched alkanes of at least 4 members (excludes halogenated alkanes) is 28. The van der Waals surface area contributed by atoms with Crippen LogP contribution in [0.15, 0.2) is 109 Å². The molecule has 0 heterocycles. The Labute approximate surface area is 476 Å². The summed E-state index contributed by atoms with van der Waals surface area (Å²) in [6, 6.07) is -0.915. The molecule has 0 saturated carbocycles. The summed E-state index contributed by atoms with van der Waals surface area (Å²) < 4.78 is 23.3. The number of carbonyl (C=O) groups excluding carboxylic acids is 1. The third-order valence-electron chi connectivity index (χ3n) is 13.7. The van der Waals surface area contributed by atoms with Gasteiger partial charge < -0.3 is 28.8 Å². The second-order valence-corrected chi connectivity index (χ2v) is 23.8. The summed E-state index contributed by atoms with van der Waals surface area (Å²) in [7, 11) is 1.23. The van der Waals surface area contributed by atoms with Gasteiger partial charge in [0.05, 0.1) is 39.9 Å². The average molecular weight is 1090 g/mol. The molecule has 0 aliphatic carbocycles. The van der Waals surface area contributed by atoms with Crippen LogP contribution in [0.1, 0.15) is 264 Å². The van der Waals surface area contributed by atoms with Crippen LogP contribution in [0, 0.1) is 0 Å². The van der Waals surface area contributed by atoms with Crippen LogP contribution in [-0.2, 0) is 18.4 Å². The summed E-state index contributed by atoms with van der Waals surface area (Å²) in [6.45, 7) is 4.51. The summed E-state index contributed by atoms with van der Waals surface area (Å²) in [5, 5.41) is 13.9. The number of allylic oxidation sites excluding steroid dienone is 17. The maximum Gasteiger partial charge on any atom is 0.268 e. The minimum Gasteiger partial charge on any atom is -0.756 e. The van der Waals surface area contributed by atoms with Crippen molar-refractivity contribution < 1.29 is 32.9 Å². The van der Waals surface area contributed by atoms with Crippen LogP contribution in [0.3, 0.4) is 0 Å². The van der Waals surface area contributed by atoms with Gasteiger partial charge in [0.2, 0.25) is 5.91 Å². The Bertz CT molecular complexity index is 1620. The van der Waals surface area contributed by atoms with E-state index in [2.05, 4.69) is 116 Å². The van der Waals surface area contributed by atoms with Crippen LogP contribution in [0.5, 0.6) is 0 Å². The number of quaternary nitrogens is 1. The number of aliphatic hydroxyl groups excluding tert-OH is 1. The lowest BCUT2D eigenvalue weighted by atomic mass is 10.0. The van der Waals surface area contributed by atoms with E-state index in [1.54, 1.807) is 6.08 Å². The molecule has 3 unspecified atom stereocenters. The van der Waals surface area contributed by atoms with Gasteiger partial charge >= 0.3 is 0 Å². The van der Waals surface area contributed by atoms with Gasteiger partial charge in [0.1, 0.15) is 13.2 Å². The molecule has 444 valence electrons. The fourth-order valence-electron chi connectivity index (χ4n) is 8.78. The highest BCUT2D eigenvalue weighted by Gasteiger charge is 2.23. The molecule has 0 bridgehead atoms. The predicted molar refractivity (Wildman–Crippen MR) is 334 cm³/mol. The number of nitrogens with one attached hydrogen (secondary N) is 1. The third kappa shape index (κ3) is 60.6. The number of rotatable bonds is 57. The second kappa shape index (κ2) is 57.8. The molecule has 0 aliphatic heterocycles.